The molecular formula is C36H47N5O4. The van der Waals surface area contributed by atoms with Gasteiger partial charge in [0.15, 0.2) is 5.60 Å². The topological polar surface area (TPSA) is 123 Å². The second-order valence-electron chi connectivity index (χ2n) is 12.6. The Morgan fingerprint density at radius 3 is 2.36 bits per heavy atom. The number of nitrogens with zero attached hydrogens (tertiary/aromatic N) is 2. The van der Waals surface area contributed by atoms with Crippen molar-refractivity contribution >= 4 is 23.9 Å². The molecule has 0 radical (unpaired) electrons. The lowest BCUT2D eigenvalue weighted by atomic mass is 9.89. The van der Waals surface area contributed by atoms with E-state index in [0.29, 0.717) is 49.0 Å². The van der Waals surface area contributed by atoms with Crippen molar-refractivity contribution in [1.82, 2.24) is 20.9 Å². The minimum Gasteiger partial charge on any atom is -0.372 e. The highest BCUT2D eigenvalue weighted by molar-refractivity contribution is 6.01. The number of carbonyl (C=O) groups excluding carboxylic acids is 3. The van der Waals surface area contributed by atoms with Gasteiger partial charge in [0.1, 0.15) is 6.04 Å². The highest BCUT2D eigenvalue weighted by Gasteiger charge is 2.52. The molecule has 3 unspecified atom stereocenters. The molecule has 3 atom stereocenters. The number of amides is 3. The Balaban J connectivity index is 0.000000309. The van der Waals surface area contributed by atoms with Crippen LogP contribution in [0.2, 0.25) is 0 Å². The second-order valence-corrected chi connectivity index (χ2v) is 12.6. The van der Waals surface area contributed by atoms with Crippen molar-refractivity contribution in [3.63, 3.8) is 0 Å². The van der Waals surface area contributed by atoms with Gasteiger partial charge >= 0.3 is 0 Å². The van der Waals surface area contributed by atoms with Gasteiger partial charge in [-0.25, -0.2) is 0 Å². The number of benzene rings is 2. The van der Waals surface area contributed by atoms with Gasteiger partial charge in [0, 0.05) is 55.1 Å². The number of likely N-dealkylation sites (tertiary alicyclic amines) is 1. The summed E-state index contributed by atoms with van der Waals surface area (Å²) in [7, 11) is 0. The molecule has 4 N–H and O–H groups in total. The molecule has 45 heavy (non-hydrogen) atoms. The van der Waals surface area contributed by atoms with Crippen LogP contribution in [-0.2, 0) is 20.0 Å². The van der Waals surface area contributed by atoms with Crippen LogP contribution in [-0.4, -0.2) is 72.2 Å². The molecule has 9 heteroatoms. The van der Waals surface area contributed by atoms with Crippen molar-refractivity contribution in [1.29, 1.82) is 0 Å². The lowest BCUT2D eigenvalue weighted by Gasteiger charge is -2.33. The monoisotopic (exact) mass is 613 g/mol. The van der Waals surface area contributed by atoms with Crippen LogP contribution in [0.4, 0.5) is 0 Å². The summed E-state index contributed by atoms with van der Waals surface area (Å²) in [5.74, 6) is -0.0101. The van der Waals surface area contributed by atoms with E-state index in [-0.39, 0.29) is 11.8 Å². The Morgan fingerprint density at radius 1 is 1.02 bits per heavy atom. The SMILES string of the molecule is CC1=C(CNC(=O)C2CCCN2C(=O)C2(O)c3ccccc3-c3ccccc32)CCC(C)C=N1.CCC(=O)NC1CCCNC1. The van der Waals surface area contributed by atoms with Crippen LogP contribution in [0.1, 0.15) is 76.8 Å². The van der Waals surface area contributed by atoms with E-state index in [2.05, 4.69) is 27.9 Å². The molecule has 2 saturated heterocycles. The lowest BCUT2D eigenvalue weighted by molar-refractivity contribution is -0.151. The van der Waals surface area contributed by atoms with Crippen LogP contribution >= 0.6 is 0 Å². The van der Waals surface area contributed by atoms with Gasteiger partial charge in [-0.05, 0) is 74.6 Å². The molecule has 6 rings (SSSR count). The summed E-state index contributed by atoms with van der Waals surface area (Å²) in [6.07, 6.45) is 8.08. The van der Waals surface area contributed by atoms with Crippen LogP contribution in [0.25, 0.3) is 11.1 Å². The summed E-state index contributed by atoms with van der Waals surface area (Å²) in [6.45, 7) is 8.92. The molecule has 3 heterocycles. The number of rotatable bonds is 6. The van der Waals surface area contributed by atoms with Gasteiger partial charge < -0.3 is 26.0 Å². The third-order valence-electron chi connectivity index (χ3n) is 9.44. The van der Waals surface area contributed by atoms with Crippen molar-refractivity contribution in [2.24, 2.45) is 10.9 Å². The maximum Gasteiger partial charge on any atom is 0.264 e. The van der Waals surface area contributed by atoms with E-state index in [4.69, 9.17) is 0 Å². The molecule has 0 bridgehead atoms. The molecule has 2 fully saturated rings. The van der Waals surface area contributed by atoms with Crippen molar-refractivity contribution in [3.05, 3.63) is 70.9 Å². The first-order valence-corrected chi connectivity index (χ1v) is 16.5. The molecule has 3 aliphatic heterocycles. The fourth-order valence-electron chi connectivity index (χ4n) is 6.75. The van der Waals surface area contributed by atoms with E-state index in [1.807, 2.05) is 56.5 Å². The Bertz CT molecular complexity index is 1420. The first kappa shape index (κ1) is 32.6. The fourth-order valence-corrected chi connectivity index (χ4v) is 6.75. The maximum absolute atomic E-state index is 13.9. The highest BCUT2D eigenvalue weighted by Crippen LogP contribution is 2.48. The molecule has 4 aliphatic rings. The fraction of sp³-hybridized carbons (Fsp3) is 0.500. The first-order valence-electron chi connectivity index (χ1n) is 16.5. The second kappa shape index (κ2) is 14.5. The molecule has 1 aliphatic carbocycles. The third kappa shape index (κ3) is 7.05. The van der Waals surface area contributed by atoms with Crippen LogP contribution in [0, 0.1) is 5.92 Å². The minimum absolute atomic E-state index is 0.165. The zero-order valence-corrected chi connectivity index (χ0v) is 26.8. The number of hydrogen-bond acceptors (Lipinski definition) is 6. The van der Waals surface area contributed by atoms with Gasteiger partial charge in [-0.3, -0.25) is 19.4 Å². The predicted molar refractivity (Wildman–Crippen MR) is 177 cm³/mol. The molecule has 9 nitrogen and oxygen atoms in total. The van der Waals surface area contributed by atoms with Gasteiger partial charge in [-0.15, -0.1) is 0 Å². The average molecular weight is 614 g/mol. The Morgan fingerprint density at radius 2 is 1.71 bits per heavy atom. The number of allylic oxidation sites excluding steroid dienone is 1. The molecule has 0 saturated carbocycles. The summed E-state index contributed by atoms with van der Waals surface area (Å²) in [5, 5.41) is 21.2. The van der Waals surface area contributed by atoms with Crippen LogP contribution < -0.4 is 16.0 Å². The Kier molecular flexibility index (Phi) is 10.5. The van der Waals surface area contributed by atoms with Gasteiger partial charge in [0.05, 0.1) is 0 Å². The summed E-state index contributed by atoms with van der Waals surface area (Å²) < 4.78 is 0. The summed E-state index contributed by atoms with van der Waals surface area (Å²) in [4.78, 5) is 44.2. The lowest BCUT2D eigenvalue weighted by Crippen LogP contribution is -2.53. The number of carbonyl (C=O) groups is 3. The first-order chi connectivity index (χ1) is 21.7. The zero-order chi connectivity index (χ0) is 32.0. The Hall–Kier alpha value is -3.82. The number of piperidine rings is 1. The van der Waals surface area contributed by atoms with E-state index in [0.717, 1.165) is 61.2 Å². The van der Waals surface area contributed by atoms with Crippen LogP contribution in [0.15, 0.2) is 64.8 Å². The van der Waals surface area contributed by atoms with E-state index in [1.165, 1.54) is 6.42 Å². The van der Waals surface area contributed by atoms with E-state index in [9.17, 15) is 19.5 Å². The van der Waals surface area contributed by atoms with E-state index >= 15 is 0 Å². The molecule has 3 amide bonds. The number of aliphatic hydroxyl groups is 1. The number of fused-ring (bicyclic) bond motifs is 3. The molecule has 0 spiro atoms. The normalized spacial score (nSPS) is 23.3. The van der Waals surface area contributed by atoms with Gasteiger partial charge in [-0.2, -0.15) is 0 Å². The van der Waals surface area contributed by atoms with E-state index < -0.39 is 17.6 Å². The quantitative estimate of drug-likeness (QED) is 0.392. The van der Waals surface area contributed by atoms with Gasteiger partial charge in [0.25, 0.3) is 5.91 Å². The predicted octanol–water partition coefficient (Wildman–Crippen LogP) is 4.05. The Labute approximate surface area is 266 Å². The van der Waals surface area contributed by atoms with Crippen LogP contribution in [0.3, 0.4) is 0 Å². The van der Waals surface area contributed by atoms with Crippen molar-refractivity contribution in [2.45, 2.75) is 83.4 Å². The van der Waals surface area contributed by atoms with Crippen molar-refractivity contribution in [2.75, 3.05) is 26.2 Å². The molecule has 240 valence electrons. The number of nitrogens with one attached hydrogen (secondary N) is 3. The maximum atomic E-state index is 13.9. The average Bonchev–Trinajstić information content (AvgIpc) is 3.61. The number of aliphatic imine (C=N–C) groups is 1. The van der Waals surface area contributed by atoms with Crippen LogP contribution in [0.5, 0.6) is 0 Å². The van der Waals surface area contributed by atoms with E-state index in [1.54, 1.807) is 17.0 Å². The van der Waals surface area contributed by atoms with Crippen molar-refractivity contribution in [3.8, 4) is 11.1 Å². The minimum atomic E-state index is -1.79. The zero-order valence-electron chi connectivity index (χ0n) is 26.8. The molecule has 0 aromatic heterocycles. The largest absolute Gasteiger partial charge is 0.372 e. The summed E-state index contributed by atoms with van der Waals surface area (Å²) >= 11 is 0. The van der Waals surface area contributed by atoms with Gasteiger partial charge in [0.2, 0.25) is 11.8 Å². The highest BCUT2D eigenvalue weighted by atomic mass is 16.3. The smallest absolute Gasteiger partial charge is 0.264 e. The van der Waals surface area contributed by atoms with Crippen molar-refractivity contribution < 1.29 is 19.5 Å². The van der Waals surface area contributed by atoms with Gasteiger partial charge in [-0.1, -0.05) is 62.4 Å². The molecular weight excluding hydrogens is 566 g/mol. The summed E-state index contributed by atoms with van der Waals surface area (Å²) in [6, 6.07) is 14.7. The third-order valence-corrected chi connectivity index (χ3v) is 9.44. The standard InChI is InChI=1S/C28H31N3O3.C8H16N2O/c1-18-13-14-20(19(2)29-16-18)17-30-26(32)25-12-7-15-31(25)27(33)28(34)23-10-5-3-8-21(23)22-9-4-6-11-24(22)28;1-2-8(11)10-7-4-3-5-9-6-7/h3-6,8-11,16,18,25,34H,7,12-15,17H2,1-2H3,(H,30,32);7,9H,2-6H2,1H3,(H,10,11). The summed E-state index contributed by atoms with van der Waals surface area (Å²) in [5.41, 5.74) is 3.18. The molecule has 2 aromatic carbocycles. The number of hydrogen-bond donors (Lipinski definition) is 4. The molecule has 2 aromatic rings.